The third-order valence-electron chi connectivity index (χ3n) is 7.07. The molecule has 6 atom stereocenters. The molecule has 2 N–H and O–H groups in total. The molecule has 0 bridgehead atoms. The van der Waals surface area contributed by atoms with Crippen LogP contribution in [0.2, 0.25) is 0 Å². The van der Waals surface area contributed by atoms with Gasteiger partial charge in [-0.3, -0.25) is 9.59 Å². The highest BCUT2D eigenvalue weighted by atomic mass is 16.6. The minimum Gasteiger partial charge on any atom is -0.464 e. The number of hydrogen-bond acceptors (Lipinski definition) is 6. The number of unbranched alkanes of at least 4 members (excludes halogenated alkanes) is 3. The van der Waals surface area contributed by atoms with Crippen LogP contribution >= 0.6 is 0 Å². The fourth-order valence-corrected chi connectivity index (χ4v) is 4.89. The van der Waals surface area contributed by atoms with Crippen LogP contribution in [0.15, 0.2) is 25.3 Å². The minimum atomic E-state index is -1.18. The summed E-state index contributed by atoms with van der Waals surface area (Å²) in [4.78, 5) is 54.0. The van der Waals surface area contributed by atoms with Crippen LogP contribution < -0.4 is 10.6 Å². The lowest BCUT2D eigenvalue weighted by molar-refractivity contribution is -0.150. The Kier molecular flexibility index (Phi) is 11.0. The Morgan fingerprint density at radius 1 is 1.18 bits per heavy atom. The molecule has 1 aliphatic carbocycles. The molecule has 1 aliphatic heterocycles. The van der Waals surface area contributed by atoms with Crippen LogP contribution in [0, 0.1) is 11.8 Å². The number of nitrogens with zero attached hydrogens (tertiary/aromatic N) is 1. The maximum Gasteiger partial charge on any atom is 0.408 e. The highest BCUT2D eigenvalue weighted by Crippen LogP contribution is 2.46. The van der Waals surface area contributed by atoms with Crippen LogP contribution in [-0.2, 0) is 23.9 Å². The second kappa shape index (κ2) is 13.3. The van der Waals surface area contributed by atoms with E-state index in [1.165, 1.54) is 4.90 Å². The predicted molar refractivity (Wildman–Crippen MR) is 146 cm³/mol. The molecule has 2 radical (unpaired) electrons. The zero-order valence-corrected chi connectivity index (χ0v) is 23.6. The van der Waals surface area contributed by atoms with Crippen LogP contribution in [0.5, 0.6) is 0 Å². The first-order valence-corrected chi connectivity index (χ1v) is 13.6. The molecule has 0 spiro atoms. The summed E-state index contributed by atoms with van der Waals surface area (Å²) in [7, 11) is 6.42. The third-order valence-corrected chi connectivity index (χ3v) is 7.07. The van der Waals surface area contributed by atoms with Crippen molar-refractivity contribution >= 4 is 31.7 Å². The Morgan fingerprint density at radius 3 is 2.42 bits per heavy atom. The molecule has 210 valence electrons. The second-order valence-electron chi connectivity index (χ2n) is 11.3. The third kappa shape index (κ3) is 7.87. The molecular weight excluding hydrogens is 485 g/mol. The van der Waals surface area contributed by atoms with Crippen molar-refractivity contribution in [3.63, 3.8) is 0 Å². The minimum absolute atomic E-state index is 0.169. The van der Waals surface area contributed by atoms with Gasteiger partial charge in [-0.25, -0.2) is 9.59 Å². The number of carbonyl (C=O) groups is 4. The van der Waals surface area contributed by atoms with E-state index in [9.17, 15) is 19.2 Å². The van der Waals surface area contributed by atoms with E-state index in [1.54, 1.807) is 33.8 Å². The number of hydrogen-bond donors (Lipinski definition) is 2. The number of carbonyl (C=O) groups excluding carboxylic acids is 4. The number of nitrogens with one attached hydrogen (secondary N) is 2. The van der Waals surface area contributed by atoms with E-state index >= 15 is 0 Å². The Hall–Kier alpha value is -2.78. The number of ether oxygens (including phenoxy) is 2. The van der Waals surface area contributed by atoms with Crippen LogP contribution in [0.4, 0.5) is 4.79 Å². The molecule has 1 unspecified atom stereocenters. The van der Waals surface area contributed by atoms with Crippen molar-refractivity contribution in [2.45, 2.75) is 109 Å². The maximum absolute atomic E-state index is 13.8. The van der Waals surface area contributed by atoms with Gasteiger partial charge in [0.15, 0.2) is 0 Å². The van der Waals surface area contributed by atoms with Gasteiger partial charge in [0, 0.05) is 5.92 Å². The average Bonchev–Trinajstić information content (AvgIpc) is 3.46. The lowest BCUT2D eigenvalue weighted by Crippen LogP contribution is -2.58. The summed E-state index contributed by atoms with van der Waals surface area (Å²) in [5.74, 6) is -2.59. The molecule has 2 fully saturated rings. The molecule has 1 heterocycles. The maximum atomic E-state index is 13.8. The van der Waals surface area contributed by atoms with Gasteiger partial charge in [0.2, 0.25) is 11.8 Å². The fraction of sp³-hybridized carbons (Fsp3) is 0.714. The summed E-state index contributed by atoms with van der Waals surface area (Å²) in [5.41, 5.74) is -1.92. The Labute approximate surface area is 228 Å². The van der Waals surface area contributed by atoms with Crippen molar-refractivity contribution < 1.29 is 28.7 Å². The second-order valence-corrected chi connectivity index (χ2v) is 11.3. The van der Waals surface area contributed by atoms with Gasteiger partial charge in [-0.15, -0.1) is 13.2 Å². The first-order chi connectivity index (χ1) is 17.8. The summed E-state index contributed by atoms with van der Waals surface area (Å²) in [6.45, 7) is 16.5. The van der Waals surface area contributed by atoms with Gasteiger partial charge in [0.05, 0.1) is 14.5 Å². The monoisotopic (exact) mass is 529 g/mol. The zero-order valence-electron chi connectivity index (χ0n) is 23.6. The summed E-state index contributed by atoms with van der Waals surface area (Å²) in [5, 5.41) is 5.54. The Balaban J connectivity index is 2.24. The summed E-state index contributed by atoms with van der Waals surface area (Å²) in [6, 6.07) is -1.81. The van der Waals surface area contributed by atoms with Crippen molar-refractivity contribution in [2.75, 3.05) is 6.61 Å². The topological polar surface area (TPSA) is 114 Å². The lowest BCUT2D eigenvalue weighted by Gasteiger charge is -2.33. The number of alkyl carbamates (subject to hydrolysis) is 1. The predicted octanol–water partition coefficient (Wildman–Crippen LogP) is 3.37. The SMILES string of the molecule is [B]C1[C@H](C)C[C@@H](C(=O)N[C@]2(C(=O)OCC)C[C@H]2C=C)N1C(=O)[C@H](CCCCCC=C)NC(=O)OC(C)(C)C. The van der Waals surface area contributed by atoms with Gasteiger partial charge in [-0.2, -0.15) is 0 Å². The average molecular weight is 529 g/mol. The van der Waals surface area contributed by atoms with E-state index in [1.807, 2.05) is 13.0 Å². The van der Waals surface area contributed by atoms with Gasteiger partial charge >= 0.3 is 12.1 Å². The molecule has 10 heteroatoms. The molecule has 2 aliphatic rings. The van der Waals surface area contributed by atoms with E-state index < -0.39 is 53.0 Å². The molecule has 1 saturated carbocycles. The highest BCUT2D eigenvalue weighted by molar-refractivity contribution is 6.14. The van der Waals surface area contributed by atoms with Crippen LogP contribution in [-0.4, -0.2) is 72.4 Å². The van der Waals surface area contributed by atoms with Gasteiger partial charge in [-0.05, 0) is 71.7 Å². The highest BCUT2D eigenvalue weighted by Gasteiger charge is 2.62. The standard InChI is InChI=1S/C28H44BN3O6/c1-8-11-12-13-14-15-20(30-26(36)38-27(5,6)7)24(34)32-21(16-18(4)22(32)29)23(33)31-28(17-19(28)9-2)25(35)37-10-3/h8-9,18-22H,1-2,10-17H2,3-7H3,(H,30,36)(H,31,33)/t18-,19-,20+,21+,22?,28-/m1/s1. The Morgan fingerprint density at radius 2 is 1.87 bits per heavy atom. The van der Waals surface area contributed by atoms with E-state index in [0.717, 1.165) is 19.3 Å². The van der Waals surface area contributed by atoms with Crippen molar-refractivity contribution in [3.05, 3.63) is 25.3 Å². The number of amides is 3. The number of allylic oxidation sites excluding steroid dienone is 1. The molecule has 38 heavy (non-hydrogen) atoms. The largest absolute Gasteiger partial charge is 0.464 e. The van der Waals surface area contributed by atoms with E-state index in [4.69, 9.17) is 17.3 Å². The summed E-state index contributed by atoms with van der Waals surface area (Å²) >= 11 is 0. The van der Waals surface area contributed by atoms with Gasteiger partial charge in [0.1, 0.15) is 23.2 Å². The van der Waals surface area contributed by atoms with Gasteiger partial charge in [-0.1, -0.05) is 31.9 Å². The fourth-order valence-electron chi connectivity index (χ4n) is 4.89. The number of likely N-dealkylation sites (tertiary alicyclic amines) is 1. The quantitative estimate of drug-likeness (QED) is 0.164. The first-order valence-electron chi connectivity index (χ1n) is 13.6. The molecule has 3 amide bonds. The van der Waals surface area contributed by atoms with Crippen molar-refractivity contribution in [3.8, 4) is 0 Å². The van der Waals surface area contributed by atoms with Crippen LogP contribution in [0.1, 0.15) is 79.6 Å². The van der Waals surface area contributed by atoms with E-state index in [2.05, 4.69) is 23.8 Å². The van der Waals surface area contributed by atoms with Crippen molar-refractivity contribution in [1.82, 2.24) is 15.5 Å². The summed E-state index contributed by atoms with van der Waals surface area (Å²) < 4.78 is 10.6. The molecule has 9 nitrogen and oxygen atoms in total. The molecule has 0 aromatic rings. The van der Waals surface area contributed by atoms with Crippen molar-refractivity contribution in [1.29, 1.82) is 0 Å². The molecule has 0 aromatic carbocycles. The van der Waals surface area contributed by atoms with Crippen LogP contribution in [0.25, 0.3) is 0 Å². The smallest absolute Gasteiger partial charge is 0.408 e. The van der Waals surface area contributed by atoms with E-state index in [-0.39, 0.29) is 18.4 Å². The zero-order chi connectivity index (χ0) is 28.7. The first kappa shape index (κ1) is 31.4. The molecule has 0 aromatic heterocycles. The van der Waals surface area contributed by atoms with Crippen LogP contribution in [0.3, 0.4) is 0 Å². The molecule has 1 saturated heterocycles. The molecule has 2 rings (SSSR count). The van der Waals surface area contributed by atoms with Gasteiger partial charge in [0.25, 0.3) is 0 Å². The Bertz CT molecular complexity index is 904. The normalized spacial score (nSPS) is 27.1. The van der Waals surface area contributed by atoms with E-state index in [0.29, 0.717) is 25.7 Å². The number of esters is 1. The van der Waals surface area contributed by atoms with Crippen molar-refractivity contribution in [2.24, 2.45) is 11.8 Å². The lowest BCUT2D eigenvalue weighted by atomic mass is 9.85. The number of rotatable bonds is 13. The summed E-state index contributed by atoms with van der Waals surface area (Å²) in [6.07, 6.45) is 7.15. The van der Waals surface area contributed by atoms with Gasteiger partial charge < -0.3 is 25.0 Å². The molecular formula is C28H44BN3O6.